The first-order chi connectivity index (χ1) is 11.9. The maximum Gasteiger partial charge on any atom is 0.419 e. The van der Waals surface area contributed by atoms with E-state index in [-0.39, 0.29) is 6.04 Å². The van der Waals surface area contributed by atoms with Gasteiger partial charge in [-0.2, -0.15) is 0 Å². The summed E-state index contributed by atoms with van der Waals surface area (Å²) in [6.45, 7) is 16.9. The standard InChI is InChI=1S/C20H34N2O4/c1-8-14-12-21-10-9-15(14)11-16(21)13-22(17(23)25-19(2,3)4)18(24)26-20(5,6)7/h8,14-16H,1,9-13H2,2-7H3/t14-,15-,16-/m0/s1. The van der Waals surface area contributed by atoms with Crippen molar-refractivity contribution in [2.45, 2.75) is 71.6 Å². The summed E-state index contributed by atoms with van der Waals surface area (Å²) in [4.78, 5) is 28.8. The highest BCUT2D eigenvalue weighted by molar-refractivity contribution is 5.88. The number of hydrogen-bond donors (Lipinski definition) is 0. The molecule has 0 saturated carbocycles. The molecular weight excluding hydrogens is 332 g/mol. The van der Waals surface area contributed by atoms with Crippen molar-refractivity contribution in [3.8, 4) is 0 Å². The van der Waals surface area contributed by atoms with Gasteiger partial charge in [0.05, 0.1) is 6.54 Å². The fourth-order valence-electron chi connectivity index (χ4n) is 3.71. The zero-order valence-corrected chi connectivity index (χ0v) is 17.1. The summed E-state index contributed by atoms with van der Waals surface area (Å²) < 4.78 is 10.9. The minimum absolute atomic E-state index is 0.144. The van der Waals surface area contributed by atoms with Crippen molar-refractivity contribution in [1.29, 1.82) is 0 Å². The van der Waals surface area contributed by atoms with Gasteiger partial charge in [0.2, 0.25) is 0 Å². The Hall–Kier alpha value is -1.56. The largest absolute Gasteiger partial charge is 0.443 e. The summed E-state index contributed by atoms with van der Waals surface area (Å²) >= 11 is 0. The second-order valence-corrected chi connectivity index (χ2v) is 9.40. The molecule has 1 unspecified atom stereocenters. The van der Waals surface area contributed by atoms with E-state index in [1.807, 2.05) is 6.08 Å². The van der Waals surface area contributed by atoms with Crippen molar-refractivity contribution in [3.05, 3.63) is 12.7 Å². The van der Waals surface area contributed by atoms with Gasteiger partial charge >= 0.3 is 12.2 Å². The number of carbonyl (C=O) groups excluding carboxylic acids is 2. The Balaban J connectivity index is 2.12. The zero-order valence-electron chi connectivity index (χ0n) is 17.1. The number of amides is 2. The first-order valence-electron chi connectivity index (χ1n) is 9.49. The quantitative estimate of drug-likeness (QED) is 0.705. The van der Waals surface area contributed by atoms with E-state index in [2.05, 4.69) is 11.5 Å². The van der Waals surface area contributed by atoms with Gasteiger partial charge < -0.3 is 9.47 Å². The highest BCUT2D eigenvalue weighted by atomic mass is 16.6. The number of piperidine rings is 3. The van der Waals surface area contributed by atoms with Gasteiger partial charge in [-0.1, -0.05) is 6.08 Å². The minimum Gasteiger partial charge on any atom is -0.443 e. The number of ether oxygens (including phenoxy) is 2. The summed E-state index contributed by atoms with van der Waals surface area (Å²) in [5.74, 6) is 1.07. The Labute approximate surface area is 157 Å². The molecule has 26 heavy (non-hydrogen) atoms. The number of nitrogens with zero attached hydrogens (tertiary/aromatic N) is 2. The van der Waals surface area contributed by atoms with Gasteiger partial charge in [0.15, 0.2) is 0 Å². The van der Waals surface area contributed by atoms with Crippen LogP contribution in [0.15, 0.2) is 12.7 Å². The monoisotopic (exact) mass is 366 g/mol. The van der Waals surface area contributed by atoms with E-state index in [1.54, 1.807) is 41.5 Å². The molecule has 148 valence electrons. The minimum atomic E-state index is -0.670. The lowest BCUT2D eigenvalue weighted by Crippen LogP contribution is -2.58. The van der Waals surface area contributed by atoms with Crippen molar-refractivity contribution in [3.63, 3.8) is 0 Å². The predicted molar refractivity (Wildman–Crippen MR) is 101 cm³/mol. The summed E-state index contributed by atoms with van der Waals surface area (Å²) in [5, 5.41) is 0. The molecule has 0 aromatic carbocycles. The normalized spacial score (nSPS) is 28.4. The van der Waals surface area contributed by atoms with E-state index < -0.39 is 23.4 Å². The lowest BCUT2D eigenvalue weighted by molar-refractivity contribution is -0.0229. The summed E-state index contributed by atoms with van der Waals surface area (Å²) in [6, 6.07) is 0.144. The van der Waals surface area contributed by atoms with Crippen LogP contribution in [-0.4, -0.2) is 58.9 Å². The fraction of sp³-hybridized carbons (Fsp3) is 0.800. The molecule has 3 fully saturated rings. The van der Waals surface area contributed by atoms with E-state index in [4.69, 9.17) is 9.47 Å². The van der Waals surface area contributed by atoms with Crippen LogP contribution in [0.4, 0.5) is 9.59 Å². The summed E-state index contributed by atoms with van der Waals surface area (Å²) in [6.07, 6.45) is 2.85. The van der Waals surface area contributed by atoms with Crippen LogP contribution in [0.2, 0.25) is 0 Å². The first-order valence-corrected chi connectivity index (χ1v) is 9.49. The zero-order chi connectivity index (χ0) is 19.7. The summed E-state index contributed by atoms with van der Waals surface area (Å²) in [7, 11) is 0. The first kappa shape index (κ1) is 20.7. The maximum atomic E-state index is 12.7. The lowest BCUT2D eigenvalue weighted by atomic mass is 9.75. The highest BCUT2D eigenvalue weighted by Gasteiger charge is 2.42. The molecule has 3 aliphatic heterocycles. The average Bonchev–Trinajstić information content (AvgIpc) is 2.49. The number of imide groups is 1. The van der Waals surface area contributed by atoms with Gasteiger partial charge in [0.1, 0.15) is 11.2 Å². The molecule has 0 aliphatic carbocycles. The Morgan fingerprint density at radius 2 is 1.65 bits per heavy atom. The maximum absolute atomic E-state index is 12.7. The molecule has 2 amide bonds. The van der Waals surface area contributed by atoms with Gasteiger partial charge in [-0.05, 0) is 72.8 Å². The van der Waals surface area contributed by atoms with E-state index in [0.29, 0.717) is 18.4 Å². The van der Waals surface area contributed by atoms with Gasteiger partial charge in [-0.25, -0.2) is 14.5 Å². The van der Waals surface area contributed by atoms with Crippen LogP contribution in [0.1, 0.15) is 54.4 Å². The molecule has 0 aromatic heterocycles. The molecule has 2 bridgehead atoms. The Morgan fingerprint density at radius 3 is 2.04 bits per heavy atom. The third-order valence-corrected chi connectivity index (χ3v) is 4.85. The van der Waals surface area contributed by atoms with Gasteiger partial charge in [0.25, 0.3) is 0 Å². The van der Waals surface area contributed by atoms with Crippen molar-refractivity contribution in [1.82, 2.24) is 9.80 Å². The third-order valence-electron chi connectivity index (χ3n) is 4.85. The number of rotatable bonds is 3. The molecule has 6 nitrogen and oxygen atoms in total. The fourth-order valence-corrected chi connectivity index (χ4v) is 3.71. The topological polar surface area (TPSA) is 59.1 Å². The van der Waals surface area contributed by atoms with Crippen molar-refractivity contribution < 1.29 is 19.1 Å². The average molecular weight is 367 g/mol. The van der Waals surface area contributed by atoms with Crippen molar-refractivity contribution >= 4 is 12.2 Å². The molecule has 3 saturated heterocycles. The molecule has 3 rings (SSSR count). The molecule has 0 aromatic rings. The van der Waals surface area contributed by atoms with Gasteiger partial charge in [-0.15, -0.1) is 6.58 Å². The number of hydrogen-bond acceptors (Lipinski definition) is 5. The van der Waals surface area contributed by atoms with Crippen LogP contribution < -0.4 is 0 Å². The van der Waals surface area contributed by atoms with E-state index in [1.165, 1.54) is 0 Å². The second kappa shape index (κ2) is 7.59. The third kappa shape index (κ3) is 5.47. The van der Waals surface area contributed by atoms with Crippen molar-refractivity contribution in [2.75, 3.05) is 19.6 Å². The lowest BCUT2D eigenvalue weighted by Gasteiger charge is -2.49. The van der Waals surface area contributed by atoms with Gasteiger partial charge in [-0.3, -0.25) is 4.90 Å². The Kier molecular flexibility index (Phi) is 6.06. The number of fused-ring (bicyclic) bond motifs is 3. The van der Waals surface area contributed by atoms with Gasteiger partial charge in [0, 0.05) is 12.6 Å². The van der Waals surface area contributed by atoms with E-state index >= 15 is 0 Å². The molecule has 0 spiro atoms. The van der Waals surface area contributed by atoms with Crippen LogP contribution in [0.3, 0.4) is 0 Å². The molecule has 0 N–H and O–H groups in total. The summed E-state index contributed by atoms with van der Waals surface area (Å²) in [5.41, 5.74) is -1.34. The molecule has 6 heteroatoms. The van der Waals surface area contributed by atoms with E-state index in [9.17, 15) is 9.59 Å². The van der Waals surface area contributed by atoms with E-state index in [0.717, 1.165) is 30.8 Å². The van der Waals surface area contributed by atoms with Crippen molar-refractivity contribution in [2.24, 2.45) is 11.8 Å². The molecular formula is C20H34N2O4. The van der Waals surface area contributed by atoms with Crippen LogP contribution in [0, 0.1) is 11.8 Å². The Morgan fingerprint density at radius 1 is 1.12 bits per heavy atom. The molecule has 3 heterocycles. The smallest absolute Gasteiger partial charge is 0.419 e. The predicted octanol–water partition coefficient (Wildman–Crippen LogP) is 4.06. The molecule has 4 atom stereocenters. The molecule has 0 radical (unpaired) electrons. The van der Waals surface area contributed by atoms with Crippen LogP contribution in [0.25, 0.3) is 0 Å². The number of carbonyl (C=O) groups is 2. The van der Waals surface area contributed by atoms with Crippen LogP contribution in [0.5, 0.6) is 0 Å². The van der Waals surface area contributed by atoms with Crippen LogP contribution >= 0.6 is 0 Å². The SMILES string of the molecule is C=C[C@H]1CN2CC[C@H]1C[C@H]2CN(C(=O)OC(C)(C)C)C(=O)OC(C)(C)C. The molecule has 3 aliphatic rings. The van der Waals surface area contributed by atoms with Crippen LogP contribution in [-0.2, 0) is 9.47 Å². The second-order valence-electron chi connectivity index (χ2n) is 9.40. The Bertz CT molecular complexity index is 519. The highest BCUT2D eigenvalue weighted by Crippen LogP contribution is 2.37.